The summed E-state index contributed by atoms with van der Waals surface area (Å²) in [6, 6.07) is 4.80. The molecule has 2 aromatic heterocycles. The van der Waals surface area contributed by atoms with Crippen molar-refractivity contribution in [1.29, 1.82) is 0 Å². The van der Waals surface area contributed by atoms with Gasteiger partial charge in [0.25, 0.3) is 0 Å². The van der Waals surface area contributed by atoms with E-state index in [0.717, 1.165) is 39.3 Å². The lowest BCUT2D eigenvalue weighted by atomic mass is 9.89. The van der Waals surface area contributed by atoms with Crippen LogP contribution in [0, 0.1) is 5.82 Å². The summed E-state index contributed by atoms with van der Waals surface area (Å²) >= 11 is 1.60. The Kier molecular flexibility index (Phi) is 4.50. The lowest BCUT2D eigenvalue weighted by molar-refractivity contribution is 0.181. The summed E-state index contributed by atoms with van der Waals surface area (Å²) in [7, 11) is 0. The van der Waals surface area contributed by atoms with Crippen LogP contribution < -0.4 is 5.32 Å². The second-order valence-electron chi connectivity index (χ2n) is 7.66. The van der Waals surface area contributed by atoms with Gasteiger partial charge in [-0.15, -0.1) is 10.2 Å². The number of carbonyl (C=O) groups excluding carboxylic acids is 1. The van der Waals surface area contributed by atoms with Crippen molar-refractivity contribution in [1.82, 2.24) is 25.4 Å². The first-order valence-electron chi connectivity index (χ1n) is 9.79. The number of amides is 2. The van der Waals surface area contributed by atoms with Crippen molar-refractivity contribution in [3.8, 4) is 0 Å². The molecule has 3 aromatic rings. The largest absolute Gasteiger partial charge is 0.361 e. The Labute approximate surface area is 166 Å². The molecule has 0 unspecified atom stereocenters. The second kappa shape index (κ2) is 7.16. The summed E-state index contributed by atoms with van der Waals surface area (Å²) < 4.78 is 13.6. The van der Waals surface area contributed by atoms with Crippen LogP contribution in [-0.2, 0) is 6.54 Å². The molecule has 1 aliphatic carbocycles. The smallest absolute Gasteiger partial charge is 0.317 e. The van der Waals surface area contributed by atoms with Crippen LogP contribution in [0.3, 0.4) is 0 Å². The van der Waals surface area contributed by atoms with E-state index in [-0.39, 0.29) is 11.8 Å². The van der Waals surface area contributed by atoms with Crippen molar-refractivity contribution in [3.05, 3.63) is 45.8 Å². The molecule has 2 aliphatic rings. The molecule has 1 aromatic carbocycles. The number of aromatic nitrogens is 3. The summed E-state index contributed by atoms with van der Waals surface area (Å²) in [4.78, 5) is 17.6. The lowest BCUT2D eigenvalue weighted by Gasteiger charge is -2.32. The van der Waals surface area contributed by atoms with Crippen LogP contribution in [0.25, 0.3) is 10.9 Å². The monoisotopic (exact) mass is 399 g/mol. The van der Waals surface area contributed by atoms with Crippen LogP contribution in [0.4, 0.5) is 9.18 Å². The summed E-state index contributed by atoms with van der Waals surface area (Å²) in [6.07, 6.45) is 6.15. The van der Waals surface area contributed by atoms with Crippen LogP contribution in [0.1, 0.15) is 53.1 Å². The Hall–Kier alpha value is -2.48. The zero-order valence-electron chi connectivity index (χ0n) is 15.4. The van der Waals surface area contributed by atoms with E-state index in [9.17, 15) is 9.18 Å². The standard InChI is InChI=1S/C20H22FN5OS/c21-14-3-4-17-15(9-14)16(10-22-17)12-5-7-26(8-6-12)20(27)23-11-18-24-25-19(28-18)13-1-2-13/h3-4,9-10,12-13,22H,1-2,5-8,11H2,(H,23,27). The van der Waals surface area contributed by atoms with Crippen molar-refractivity contribution in [3.63, 3.8) is 0 Å². The molecule has 0 bridgehead atoms. The fraction of sp³-hybridized carbons (Fsp3) is 0.450. The predicted molar refractivity (Wildman–Crippen MR) is 106 cm³/mol. The van der Waals surface area contributed by atoms with Crippen molar-refractivity contribution in [2.24, 2.45) is 0 Å². The highest BCUT2D eigenvalue weighted by atomic mass is 32.1. The van der Waals surface area contributed by atoms with Crippen molar-refractivity contribution in [2.75, 3.05) is 13.1 Å². The highest BCUT2D eigenvalue weighted by Gasteiger charge is 2.28. The van der Waals surface area contributed by atoms with E-state index in [4.69, 9.17) is 0 Å². The molecule has 8 heteroatoms. The van der Waals surface area contributed by atoms with Crippen LogP contribution >= 0.6 is 11.3 Å². The highest BCUT2D eigenvalue weighted by Crippen LogP contribution is 2.41. The van der Waals surface area contributed by atoms with E-state index in [2.05, 4.69) is 20.5 Å². The predicted octanol–water partition coefficient (Wildman–Crippen LogP) is 4.13. The van der Waals surface area contributed by atoms with Gasteiger partial charge in [-0.2, -0.15) is 0 Å². The molecule has 0 spiro atoms. The Morgan fingerprint density at radius 1 is 1.21 bits per heavy atom. The number of aromatic amines is 1. The maximum atomic E-state index is 13.6. The number of carbonyl (C=O) groups is 1. The van der Waals surface area contributed by atoms with Crippen molar-refractivity contribution < 1.29 is 9.18 Å². The number of hydrogen-bond donors (Lipinski definition) is 2. The van der Waals surface area contributed by atoms with Gasteiger partial charge >= 0.3 is 6.03 Å². The van der Waals surface area contributed by atoms with Gasteiger partial charge in [0.1, 0.15) is 15.8 Å². The fourth-order valence-corrected chi connectivity index (χ4v) is 4.89. The van der Waals surface area contributed by atoms with Gasteiger partial charge in [0, 0.05) is 36.1 Å². The van der Waals surface area contributed by atoms with Crippen LogP contribution in [0.2, 0.25) is 0 Å². The van der Waals surface area contributed by atoms with E-state index < -0.39 is 0 Å². The number of likely N-dealkylation sites (tertiary alicyclic amines) is 1. The maximum Gasteiger partial charge on any atom is 0.317 e. The minimum Gasteiger partial charge on any atom is -0.361 e. The van der Waals surface area contributed by atoms with Crippen molar-refractivity contribution in [2.45, 2.75) is 44.1 Å². The lowest BCUT2D eigenvalue weighted by Crippen LogP contribution is -2.43. The summed E-state index contributed by atoms with van der Waals surface area (Å²) in [5.41, 5.74) is 2.11. The molecule has 28 heavy (non-hydrogen) atoms. The quantitative estimate of drug-likeness (QED) is 0.693. The van der Waals surface area contributed by atoms with Crippen LogP contribution in [-0.4, -0.2) is 39.2 Å². The third kappa shape index (κ3) is 3.48. The first kappa shape index (κ1) is 17.6. The Balaban J connectivity index is 1.16. The van der Waals surface area contributed by atoms with Gasteiger partial charge < -0.3 is 15.2 Å². The van der Waals surface area contributed by atoms with Gasteiger partial charge in [0.15, 0.2) is 0 Å². The summed E-state index contributed by atoms with van der Waals surface area (Å²) in [6.45, 7) is 1.83. The van der Waals surface area contributed by atoms with Gasteiger partial charge in [-0.1, -0.05) is 11.3 Å². The number of rotatable bonds is 4. The SMILES string of the molecule is O=C(NCc1nnc(C2CC2)s1)N1CCC(c2c[nH]c3ccc(F)cc23)CC1. The third-order valence-corrected chi connectivity index (χ3v) is 6.78. The molecule has 2 N–H and O–H groups in total. The van der Waals surface area contributed by atoms with E-state index in [0.29, 0.717) is 31.5 Å². The van der Waals surface area contributed by atoms with Gasteiger partial charge in [0.05, 0.1) is 6.54 Å². The number of nitrogens with zero attached hydrogens (tertiary/aromatic N) is 3. The molecule has 1 aliphatic heterocycles. The number of fused-ring (bicyclic) bond motifs is 1. The Morgan fingerprint density at radius 2 is 2.04 bits per heavy atom. The van der Waals surface area contributed by atoms with Gasteiger partial charge in [0.2, 0.25) is 0 Å². The Morgan fingerprint density at radius 3 is 2.82 bits per heavy atom. The first-order valence-corrected chi connectivity index (χ1v) is 10.6. The van der Waals surface area contributed by atoms with E-state index in [1.165, 1.54) is 18.9 Å². The maximum absolute atomic E-state index is 13.6. The molecule has 146 valence electrons. The minimum absolute atomic E-state index is 0.0495. The molecule has 6 nitrogen and oxygen atoms in total. The number of nitrogens with one attached hydrogen (secondary N) is 2. The fourth-order valence-electron chi connectivity index (χ4n) is 3.94. The zero-order chi connectivity index (χ0) is 19.1. The van der Waals surface area contributed by atoms with E-state index in [1.54, 1.807) is 23.5 Å². The average molecular weight is 399 g/mol. The Bertz CT molecular complexity index is 1000. The summed E-state index contributed by atoms with van der Waals surface area (Å²) in [5, 5.41) is 14.3. The highest BCUT2D eigenvalue weighted by molar-refractivity contribution is 7.11. The molecule has 3 heterocycles. The summed E-state index contributed by atoms with van der Waals surface area (Å²) in [5.74, 6) is 0.717. The van der Waals surface area contributed by atoms with Gasteiger partial charge in [-0.3, -0.25) is 0 Å². The molecular formula is C20H22FN5OS. The second-order valence-corrected chi connectivity index (χ2v) is 8.76. The molecule has 2 fully saturated rings. The first-order chi connectivity index (χ1) is 13.7. The number of hydrogen-bond acceptors (Lipinski definition) is 4. The third-order valence-electron chi connectivity index (χ3n) is 5.70. The van der Waals surface area contributed by atoms with Crippen LogP contribution in [0.15, 0.2) is 24.4 Å². The van der Waals surface area contributed by atoms with E-state index >= 15 is 0 Å². The topological polar surface area (TPSA) is 73.9 Å². The minimum atomic E-state index is -0.216. The number of piperidine rings is 1. The molecule has 0 atom stereocenters. The molecule has 1 saturated carbocycles. The van der Waals surface area contributed by atoms with Gasteiger partial charge in [-0.25, -0.2) is 9.18 Å². The number of H-pyrrole nitrogens is 1. The molecular weight excluding hydrogens is 377 g/mol. The van der Waals surface area contributed by atoms with E-state index in [1.807, 2.05) is 11.1 Å². The van der Waals surface area contributed by atoms with Crippen LogP contribution in [0.5, 0.6) is 0 Å². The molecule has 5 rings (SSSR count). The van der Waals surface area contributed by atoms with Gasteiger partial charge in [-0.05, 0) is 55.4 Å². The molecule has 2 amide bonds. The number of benzene rings is 1. The zero-order valence-corrected chi connectivity index (χ0v) is 16.3. The average Bonchev–Trinajstić information content (AvgIpc) is 3.31. The van der Waals surface area contributed by atoms with Crippen molar-refractivity contribution >= 4 is 28.3 Å². The molecule has 0 radical (unpaired) electrons. The number of urea groups is 1. The number of halogens is 1. The molecule has 1 saturated heterocycles. The normalized spacial score (nSPS) is 18.0.